The number of benzene rings is 1. The molecule has 0 saturated carbocycles. The van der Waals surface area contributed by atoms with E-state index >= 15 is 0 Å². The van der Waals surface area contributed by atoms with Crippen LogP contribution in [0.5, 0.6) is 11.6 Å². The Labute approximate surface area is 138 Å². The van der Waals surface area contributed by atoms with Crippen LogP contribution in [0, 0.1) is 0 Å². The Morgan fingerprint density at radius 2 is 2.09 bits per heavy atom. The quantitative estimate of drug-likeness (QED) is 0.778. The fraction of sp³-hybridized carbons (Fsp3) is 0.188. The maximum atomic E-state index is 10.7. The zero-order valence-electron chi connectivity index (χ0n) is 12.4. The largest absolute Gasteiger partial charge is 0.439 e. The van der Waals surface area contributed by atoms with Crippen LogP contribution >= 0.6 is 11.6 Å². The van der Waals surface area contributed by atoms with Crippen molar-refractivity contribution in [3.05, 3.63) is 65.8 Å². The molecule has 23 heavy (non-hydrogen) atoms. The summed E-state index contributed by atoms with van der Waals surface area (Å²) in [7, 11) is 0. The predicted molar refractivity (Wildman–Crippen MR) is 85.4 cm³/mol. The van der Waals surface area contributed by atoms with E-state index < -0.39 is 5.60 Å². The van der Waals surface area contributed by atoms with Gasteiger partial charge in [-0.05, 0) is 19.1 Å². The van der Waals surface area contributed by atoms with Crippen molar-refractivity contribution in [1.29, 1.82) is 0 Å². The summed E-state index contributed by atoms with van der Waals surface area (Å²) in [6.45, 7) is 1.86. The number of pyridine rings is 1. The van der Waals surface area contributed by atoms with E-state index in [2.05, 4.69) is 15.1 Å². The second-order valence-corrected chi connectivity index (χ2v) is 5.69. The van der Waals surface area contributed by atoms with Gasteiger partial charge in [0.05, 0.1) is 11.6 Å². The van der Waals surface area contributed by atoms with E-state index in [1.807, 2.05) is 30.3 Å². The number of halogens is 1. The van der Waals surface area contributed by atoms with Gasteiger partial charge in [-0.15, -0.1) is 0 Å². The molecule has 2 aromatic heterocycles. The molecule has 3 aromatic rings. The molecule has 7 heteroatoms. The standard InChI is InChI=1S/C16H15ClN4O2/c1-16(22,9-21-11-18-10-20-21)13-8-19-15(7-14(13)17)23-12-5-3-2-4-6-12/h2-8,10-11,22H,9H2,1H3. The second kappa shape index (κ2) is 6.36. The van der Waals surface area contributed by atoms with Crippen molar-refractivity contribution in [2.24, 2.45) is 0 Å². The van der Waals surface area contributed by atoms with Crippen molar-refractivity contribution >= 4 is 11.6 Å². The summed E-state index contributed by atoms with van der Waals surface area (Å²) in [5, 5.41) is 15.0. The molecule has 1 unspecified atom stereocenters. The molecule has 0 aliphatic rings. The average molecular weight is 331 g/mol. The van der Waals surface area contributed by atoms with E-state index in [0.717, 1.165) is 0 Å². The Balaban J connectivity index is 1.81. The Morgan fingerprint density at radius 3 is 2.74 bits per heavy atom. The van der Waals surface area contributed by atoms with Gasteiger partial charge in [-0.3, -0.25) is 0 Å². The highest BCUT2D eigenvalue weighted by Crippen LogP contribution is 2.31. The van der Waals surface area contributed by atoms with Gasteiger partial charge in [0.1, 0.15) is 24.0 Å². The van der Waals surface area contributed by atoms with E-state index in [1.165, 1.54) is 23.5 Å². The number of hydrogen-bond donors (Lipinski definition) is 1. The lowest BCUT2D eigenvalue weighted by atomic mass is 9.98. The van der Waals surface area contributed by atoms with Crippen molar-refractivity contribution in [3.63, 3.8) is 0 Å². The first-order chi connectivity index (χ1) is 11.0. The molecule has 0 saturated heterocycles. The third-order valence-electron chi connectivity index (χ3n) is 3.31. The number of aromatic nitrogens is 4. The molecule has 1 atom stereocenters. The third kappa shape index (κ3) is 3.67. The average Bonchev–Trinajstić information content (AvgIpc) is 3.00. The van der Waals surface area contributed by atoms with Crippen molar-refractivity contribution < 1.29 is 9.84 Å². The summed E-state index contributed by atoms with van der Waals surface area (Å²) in [6, 6.07) is 10.9. The molecular formula is C16H15ClN4O2. The predicted octanol–water partition coefficient (Wildman–Crippen LogP) is 3.03. The highest BCUT2D eigenvalue weighted by Gasteiger charge is 2.27. The van der Waals surface area contributed by atoms with Crippen LogP contribution in [0.25, 0.3) is 0 Å². The van der Waals surface area contributed by atoms with Gasteiger partial charge < -0.3 is 9.84 Å². The van der Waals surface area contributed by atoms with Gasteiger partial charge in [0.2, 0.25) is 5.88 Å². The number of rotatable bonds is 5. The maximum Gasteiger partial charge on any atom is 0.220 e. The number of hydrogen-bond acceptors (Lipinski definition) is 5. The molecule has 6 nitrogen and oxygen atoms in total. The third-order valence-corrected chi connectivity index (χ3v) is 3.62. The Kier molecular flexibility index (Phi) is 4.27. The van der Waals surface area contributed by atoms with Gasteiger partial charge in [-0.25, -0.2) is 14.6 Å². The van der Waals surface area contributed by atoms with Crippen molar-refractivity contribution in [1.82, 2.24) is 19.7 Å². The lowest BCUT2D eigenvalue weighted by Gasteiger charge is -2.24. The number of aliphatic hydroxyl groups is 1. The Morgan fingerprint density at radius 1 is 1.30 bits per heavy atom. The summed E-state index contributed by atoms with van der Waals surface area (Å²) in [5.41, 5.74) is -0.738. The minimum absolute atomic E-state index is 0.216. The molecule has 0 fully saturated rings. The van der Waals surface area contributed by atoms with Crippen molar-refractivity contribution in [2.45, 2.75) is 19.1 Å². The normalized spacial score (nSPS) is 13.5. The monoisotopic (exact) mass is 330 g/mol. The molecule has 0 aliphatic heterocycles. The minimum Gasteiger partial charge on any atom is -0.439 e. The first-order valence-electron chi connectivity index (χ1n) is 6.98. The fourth-order valence-corrected chi connectivity index (χ4v) is 2.54. The number of nitrogens with zero attached hydrogens (tertiary/aromatic N) is 4. The highest BCUT2D eigenvalue weighted by molar-refractivity contribution is 6.31. The van der Waals surface area contributed by atoms with Crippen LogP contribution in [0.4, 0.5) is 0 Å². The molecule has 3 rings (SSSR count). The Hall–Kier alpha value is -2.44. The molecule has 0 aliphatic carbocycles. The van der Waals surface area contributed by atoms with Gasteiger partial charge in [-0.1, -0.05) is 29.8 Å². The molecule has 1 N–H and O–H groups in total. The minimum atomic E-state index is -1.23. The van der Waals surface area contributed by atoms with Crippen molar-refractivity contribution in [2.75, 3.05) is 0 Å². The molecule has 0 spiro atoms. The smallest absolute Gasteiger partial charge is 0.220 e. The van der Waals surface area contributed by atoms with E-state index in [1.54, 1.807) is 13.0 Å². The van der Waals surface area contributed by atoms with Gasteiger partial charge in [0.25, 0.3) is 0 Å². The molecule has 118 valence electrons. The van der Waals surface area contributed by atoms with Crippen molar-refractivity contribution in [3.8, 4) is 11.6 Å². The van der Waals surface area contributed by atoms with Crippen LogP contribution < -0.4 is 4.74 Å². The maximum absolute atomic E-state index is 10.7. The summed E-state index contributed by atoms with van der Waals surface area (Å²) in [5.74, 6) is 1.03. The van der Waals surface area contributed by atoms with Crippen LogP contribution in [0.15, 0.2) is 55.2 Å². The van der Waals surface area contributed by atoms with Crippen LogP contribution in [-0.4, -0.2) is 24.9 Å². The molecule has 0 radical (unpaired) electrons. The van der Waals surface area contributed by atoms with Gasteiger partial charge in [0.15, 0.2) is 0 Å². The van der Waals surface area contributed by atoms with E-state index in [-0.39, 0.29) is 6.54 Å². The SMILES string of the molecule is CC(O)(Cn1cncn1)c1cnc(Oc2ccccc2)cc1Cl. The fourth-order valence-electron chi connectivity index (χ4n) is 2.19. The summed E-state index contributed by atoms with van der Waals surface area (Å²) >= 11 is 6.30. The topological polar surface area (TPSA) is 73.1 Å². The first-order valence-corrected chi connectivity index (χ1v) is 7.36. The molecule has 2 heterocycles. The van der Waals surface area contributed by atoms with Crippen LogP contribution in [0.2, 0.25) is 5.02 Å². The number of para-hydroxylation sites is 1. The van der Waals surface area contributed by atoms with Gasteiger partial charge in [-0.2, -0.15) is 5.10 Å². The molecule has 1 aromatic carbocycles. The lowest BCUT2D eigenvalue weighted by Crippen LogP contribution is -2.28. The van der Waals surface area contributed by atoms with Crippen LogP contribution in [0.1, 0.15) is 12.5 Å². The number of ether oxygens (including phenoxy) is 1. The molecule has 0 bridgehead atoms. The van der Waals surface area contributed by atoms with E-state index in [0.29, 0.717) is 22.2 Å². The van der Waals surface area contributed by atoms with E-state index in [4.69, 9.17) is 16.3 Å². The molecular weight excluding hydrogens is 316 g/mol. The van der Waals surface area contributed by atoms with Gasteiger partial charge >= 0.3 is 0 Å². The zero-order chi connectivity index (χ0) is 16.3. The lowest BCUT2D eigenvalue weighted by molar-refractivity contribution is 0.0342. The van der Waals surface area contributed by atoms with Gasteiger partial charge in [0, 0.05) is 17.8 Å². The first kappa shape index (κ1) is 15.5. The van der Waals surface area contributed by atoms with E-state index in [9.17, 15) is 5.11 Å². The van der Waals surface area contributed by atoms with Crippen LogP contribution in [-0.2, 0) is 12.1 Å². The molecule has 0 amide bonds. The summed E-state index contributed by atoms with van der Waals surface area (Å²) in [6.07, 6.45) is 4.45. The Bertz CT molecular complexity index is 776. The highest BCUT2D eigenvalue weighted by atomic mass is 35.5. The summed E-state index contributed by atoms with van der Waals surface area (Å²) in [4.78, 5) is 8.07. The zero-order valence-corrected chi connectivity index (χ0v) is 13.2. The van der Waals surface area contributed by atoms with Crippen LogP contribution in [0.3, 0.4) is 0 Å². The second-order valence-electron chi connectivity index (χ2n) is 5.28. The summed E-state index contributed by atoms with van der Waals surface area (Å²) < 4.78 is 7.16.